The summed E-state index contributed by atoms with van der Waals surface area (Å²) in [5, 5.41) is 3.91. The molecule has 5 heteroatoms. The molecule has 0 unspecified atom stereocenters. The van der Waals surface area contributed by atoms with Crippen LogP contribution in [0.3, 0.4) is 0 Å². The predicted octanol–water partition coefficient (Wildman–Crippen LogP) is 3.86. The Labute approximate surface area is 154 Å². The summed E-state index contributed by atoms with van der Waals surface area (Å²) in [6.07, 6.45) is 2.71. The number of rotatable bonds is 4. The Hall–Kier alpha value is -2.14. The largest absolute Gasteiger partial charge is 0.423 e. The molecule has 3 rings (SSSR count). The van der Waals surface area contributed by atoms with Crippen molar-refractivity contribution in [3.63, 3.8) is 0 Å². The molecular weight excluding hydrogens is 328 g/mol. The zero-order chi connectivity index (χ0) is 18.8. The molecule has 0 spiro atoms. The van der Waals surface area contributed by atoms with Gasteiger partial charge in [0, 0.05) is 29.6 Å². The number of piperidine rings is 1. The second-order valence-electron chi connectivity index (χ2n) is 7.74. The van der Waals surface area contributed by atoms with E-state index in [1.54, 1.807) is 0 Å². The van der Waals surface area contributed by atoms with Crippen LogP contribution in [0.1, 0.15) is 44.2 Å². The molecule has 5 nitrogen and oxygen atoms in total. The number of carbonyl (C=O) groups is 1. The van der Waals surface area contributed by atoms with E-state index >= 15 is 0 Å². The third-order valence-electron chi connectivity index (χ3n) is 5.42. The molecule has 0 radical (unpaired) electrons. The van der Waals surface area contributed by atoms with Crippen molar-refractivity contribution in [2.75, 3.05) is 18.4 Å². The Balaban J connectivity index is 1.68. The van der Waals surface area contributed by atoms with E-state index in [0.29, 0.717) is 24.0 Å². The fraction of sp³-hybridized carbons (Fsp3) is 0.524. The van der Waals surface area contributed by atoms with Gasteiger partial charge in [0.1, 0.15) is 5.58 Å². The van der Waals surface area contributed by atoms with E-state index in [9.17, 15) is 9.59 Å². The molecule has 2 heterocycles. The van der Waals surface area contributed by atoms with Crippen LogP contribution in [0, 0.1) is 19.8 Å². The van der Waals surface area contributed by atoms with Crippen LogP contribution in [-0.2, 0) is 4.79 Å². The summed E-state index contributed by atoms with van der Waals surface area (Å²) < 4.78 is 5.26. The van der Waals surface area contributed by atoms with Gasteiger partial charge in [0.25, 0.3) is 0 Å². The summed E-state index contributed by atoms with van der Waals surface area (Å²) in [4.78, 5) is 26.5. The van der Waals surface area contributed by atoms with Gasteiger partial charge >= 0.3 is 5.63 Å². The smallest absolute Gasteiger partial charge is 0.336 e. The maximum absolute atomic E-state index is 12.5. The van der Waals surface area contributed by atoms with Crippen LogP contribution >= 0.6 is 0 Å². The Morgan fingerprint density at radius 2 is 1.88 bits per heavy atom. The van der Waals surface area contributed by atoms with Gasteiger partial charge in [-0.25, -0.2) is 4.79 Å². The summed E-state index contributed by atoms with van der Waals surface area (Å²) in [5.41, 5.74) is 2.76. The fourth-order valence-electron chi connectivity index (χ4n) is 3.74. The SMILES string of the molecule is Cc1cc2oc(=O)cc(C)c2cc1NC(=O)CC1CCN(C(C)C)CC1. The van der Waals surface area contributed by atoms with E-state index in [1.165, 1.54) is 6.07 Å². The molecule has 1 fully saturated rings. The third kappa shape index (κ3) is 4.15. The lowest BCUT2D eigenvalue weighted by Gasteiger charge is -2.34. The number of anilines is 1. The van der Waals surface area contributed by atoms with Crippen LogP contribution in [0.25, 0.3) is 11.0 Å². The van der Waals surface area contributed by atoms with Gasteiger partial charge in [0.05, 0.1) is 0 Å². The number of benzene rings is 1. The van der Waals surface area contributed by atoms with Crippen molar-refractivity contribution in [1.82, 2.24) is 4.90 Å². The molecule has 26 heavy (non-hydrogen) atoms. The van der Waals surface area contributed by atoms with Crippen molar-refractivity contribution >= 4 is 22.6 Å². The molecule has 1 aliphatic rings. The summed E-state index contributed by atoms with van der Waals surface area (Å²) in [5.74, 6) is 0.510. The minimum absolute atomic E-state index is 0.0606. The van der Waals surface area contributed by atoms with E-state index in [4.69, 9.17) is 4.42 Å². The summed E-state index contributed by atoms with van der Waals surface area (Å²) >= 11 is 0. The lowest BCUT2D eigenvalue weighted by Crippen LogP contribution is -2.39. The first-order valence-electron chi connectivity index (χ1n) is 9.42. The van der Waals surface area contributed by atoms with Crippen LogP contribution in [0.5, 0.6) is 0 Å². The molecule has 1 N–H and O–H groups in total. The minimum atomic E-state index is -0.348. The van der Waals surface area contributed by atoms with Crippen LogP contribution in [0.4, 0.5) is 5.69 Å². The van der Waals surface area contributed by atoms with Crippen molar-refractivity contribution in [3.05, 3.63) is 39.7 Å². The summed E-state index contributed by atoms with van der Waals surface area (Å²) in [7, 11) is 0. The molecule has 1 amide bonds. The molecule has 0 saturated carbocycles. The highest BCUT2D eigenvalue weighted by Crippen LogP contribution is 2.26. The second-order valence-corrected chi connectivity index (χ2v) is 7.74. The molecule has 2 aromatic rings. The number of aryl methyl sites for hydroxylation is 2. The first kappa shape index (κ1) is 18.6. The Morgan fingerprint density at radius 1 is 1.19 bits per heavy atom. The fourth-order valence-corrected chi connectivity index (χ4v) is 3.74. The highest BCUT2D eigenvalue weighted by Gasteiger charge is 2.23. The standard InChI is InChI=1S/C21H28N2O3/c1-13(2)23-7-5-16(6-8-23)11-20(24)22-18-12-17-14(3)10-21(25)26-19(17)9-15(18)4/h9-10,12-13,16H,5-8,11H2,1-4H3,(H,22,24). The predicted molar refractivity (Wildman–Crippen MR) is 105 cm³/mol. The van der Waals surface area contributed by atoms with Crippen molar-refractivity contribution in [2.24, 2.45) is 5.92 Å². The van der Waals surface area contributed by atoms with Crippen LogP contribution in [-0.4, -0.2) is 29.9 Å². The van der Waals surface area contributed by atoms with Gasteiger partial charge in [-0.15, -0.1) is 0 Å². The van der Waals surface area contributed by atoms with Gasteiger partial charge in [-0.1, -0.05) is 0 Å². The van der Waals surface area contributed by atoms with E-state index in [2.05, 4.69) is 24.1 Å². The monoisotopic (exact) mass is 356 g/mol. The number of fused-ring (bicyclic) bond motifs is 1. The Morgan fingerprint density at radius 3 is 2.54 bits per heavy atom. The maximum Gasteiger partial charge on any atom is 0.336 e. The molecule has 0 aliphatic carbocycles. The molecular formula is C21H28N2O3. The second kappa shape index (κ2) is 7.62. The lowest BCUT2D eigenvalue weighted by molar-refractivity contribution is -0.117. The van der Waals surface area contributed by atoms with Crippen molar-refractivity contribution in [1.29, 1.82) is 0 Å². The summed E-state index contributed by atoms with van der Waals surface area (Å²) in [6, 6.07) is 5.78. The van der Waals surface area contributed by atoms with Gasteiger partial charge in [-0.3, -0.25) is 4.79 Å². The number of carbonyl (C=O) groups excluding carboxylic acids is 1. The number of likely N-dealkylation sites (tertiary alicyclic amines) is 1. The Bertz CT molecular complexity index is 861. The number of amides is 1. The topological polar surface area (TPSA) is 62.6 Å². The van der Waals surface area contributed by atoms with Gasteiger partial charge in [0.2, 0.25) is 5.91 Å². The first-order chi connectivity index (χ1) is 12.3. The van der Waals surface area contributed by atoms with E-state index in [-0.39, 0.29) is 11.5 Å². The zero-order valence-electron chi connectivity index (χ0n) is 16.1. The van der Waals surface area contributed by atoms with Gasteiger partial charge in [0.15, 0.2) is 0 Å². The molecule has 140 valence electrons. The van der Waals surface area contributed by atoms with Crippen molar-refractivity contribution in [3.8, 4) is 0 Å². The number of nitrogens with zero attached hydrogens (tertiary/aromatic N) is 1. The third-order valence-corrected chi connectivity index (χ3v) is 5.42. The van der Waals surface area contributed by atoms with Crippen LogP contribution in [0.2, 0.25) is 0 Å². The molecule has 1 saturated heterocycles. The molecule has 1 aliphatic heterocycles. The normalized spacial score (nSPS) is 16.3. The average molecular weight is 356 g/mol. The summed E-state index contributed by atoms with van der Waals surface area (Å²) in [6.45, 7) is 10.4. The van der Waals surface area contributed by atoms with Gasteiger partial charge < -0.3 is 14.6 Å². The van der Waals surface area contributed by atoms with Gasteiger partial charge in [-0.2, -0.15) is 0 Å². The maximum atomic E-state index is 12.5. The zero-order valence-corrected chi connectivity index (χ0v) is 16.1. The van der Waals surface area contributed by atoms with Crippen molar-refractivity contribution < 1.29 is 9.21 Å². The van der Waals surface area contributed by atoms with E-state index in [0.717, 1.165) is 48.1 Å². The van der Waals surface area contributed by atoms with Crippen LogP contribution in [0.15, 0.2) is 27.4 Å². The van der Waals surface area contributed by atoms with E-state index in [1.807, 2.05) is 26.0 Å². The molecule has 0 atom stereocenters. The molecule has 1 aromatic heterocycles. The van der Waals surface area contributed by atoms with Crippen molar-refractivity contribution in [2.45, 2.75) is 53.0 Å². The Kier molecular flexibility index (Phi) is 5.47. The highest BCUT2D eigenvalue weighted by molar-refractivity contribution is 5.95. The van der Waals surface area contributed by atoms with Crippen LogP contribution < -0.4 is 10.9 Å². The molecule has 0 bridgehead atoms. The number of nitrogens with one attached hydrogen (secondary N) is 1. The number of hydrogen-bond acceptors (Lipinski definition) is 4. The van der Waals surface area contributed by atoms with Gasteiger partial charge in [-0.05, 0) is 82.8 Å². The quantitative estimate of drug-likeness (QED) is 0.845. The minimum Gasteiger partial charge on any atom is -0.423 e. The lowest BCUT2D eigenvalue weighted by atomic mass is 9.92. The number of hydrogen-bond donors (Lipinski definition) is 1. The molecule has 1 aromatic carbocycles. The first-order valence-corrected chi connectivity index (χ1v) is 9.42. The average Bonchev–Trinajstić information content (AvgIpc) is 2.56. The van der Waals surface area contributed by atoms with E-state index < -0.39 is 0 Å². The highest BCUT2D eigenvalue weighted by atomic mass is 16.4.